The molecule has 1 atom stereocenters. The standard InChI is InChI=1S/C11H14O4S/c12-6-8-1-3-10(4-2-8)16-7-9(13)5-11(14)15/h1-4,9,12-13H,5-7H2,(H,14,15). The Labute approximate surface area is 97.9 Å². The van der Waals surface area contributed by atoms with E-state index in [9.17, 15) is 9.90 Å². The van der Waals surface area contributed by atoms with Crippen LogP contribution >= 0.6 is 11.8 Å². The summed E-state index contributed by atoms with van der Waals surface area (Å²) in [6.45, 7) is 0.00653. The maximum absolute atomic E-state index is 10.3. The minimum atomic E-state index is -0.997. The maximum atomic E-state index is 10.3. The fourth-order valence-electron chi connectivity index (χ4n) is 1.14. The molecule has 0 heterocycles. The zero-order valence-electron chi connectivity index (χ0n) is 8.67. The van der Waals surface area contributed by atoms with Crippen molar-refractivity contribution < 1.29 is 20.1 Å². The molecule has 0 aliphatic rings. The van der Waals surface area contributed by atoms with Crippen LogP contribution in [0.15, 0.2) is 29.2 Å². The van der Waals surface area contributed by atoms with Crippen molar-refractivity contribution in [2.24, 2.45) is 0 Å². The SMILES string of the molecule is O=C(O)CC(O)CSc1ccc(CO)cc1. The van der Waals surface area contributed by atoms with Gasteiger partial charge in [-0.1, -0.05) is 12.1 Å². The van der Waals surface area contributed by atoms with E-state index in [4.69, 9.17) is 10.2 Å². The van der Waals surface area contributed by atoms with E-state index in [0.717, 1.165) is 10.5 Å². The van der Waals surface area contributed by atoms with E-state index in [1.54, 1.807) is 12.1 Å². The quantitative estimate of drug-likeness (QED) is 0.651. The van der Waals surface area contributed by atoms with Gasteiger partial charge in [-0.15, -0.1) is 11.8 Å². The first-order chi connectivity index (χ1) is 7.61. The highest BCUT2D eigenvalue weighted by Crippen LogP contribution is 2.20. The van der Waals surface area contributed by atoms with Crippen molar-refractivity contribution in [3.8, 4) is 0 Å². The topological polar surface area (TPSA) is 77.8 Å². The second-order valence-electron chi connectivity index (χ2n) is 3.36. The number of thioether (sulfide) groups is 1. The van der Waals surface area contributed by atoms with Crippen LogP contribution in [0.5, 0.6) is 0 Å². The van der Waals surface area contributed by atoms with E-state index in [0.29, 0.717) is 5.75 Å². The monoisotopic (exact) mass is 242 g/mol. The zero-order valence-corrected chi connectivity index (χ0v) is 9.48. The first-order valence-electron chi connectivity index (χ1n) is 4.84. The highest BCUT2D eigenvalue weighted by Gasteiger charge is 2.09. The Morgan fingerprint density at radius 3 is 2.44 bits per heavy atom. The Morgan fingerprint density at radius 1 is 1.31 bits per heavy atom. The number of hydrogen-bond acceptors (Lipinski definition) is 4. The summed E-state index contributed by atoms with van der Waals surface area (Å²) in [6, 6.07) is 7.27. The molecule has 0 aliphatic heterocycles. The van der Waals surface area contributed by atoms with Crippen LogP contribution in [0.2, 0.25) is 0 Å². The number of aliphatic carboxylic acids is 1. The van der Waals surface area contributed by atoms with Gasteiger partial charge in [0.2, 0.25) is 0 Å². The molecule has 1 aromatic carbocycles. The van der Waals surface area contributed by atoms with Gasteiger partial charge in [-0.2, -0.15) is 0 Å². The van der Waals surface area contributed by atoms with Gasteiger partial charge in [0, 0.05) is 10.6 Å². The van der Waals surface area contributed by atoms with E-state index in [-0.39, 0.29) is 13.0 Å². The van der Waals surface area contributed by atoms with E-state index < -0.39 is 12.1 Å². The first kappa shape index (κ1) is 13.0. The average molecular weight is 242 g/mol. The lowest BCUT2D eigenvalue weighted by atomic mass is 10.2. The van der Waals surface area contributed by atoms with Crippen LogP contribution in [0, 0.1) is 0 Å². The molecular weight excluding hydrogens is 228 g/mol. The molecule has 0 saturated carbocycles. The lowest BCUT2D eigenvalue weighted by molar-refractivity contribution is -0.138. The molecule has 1 rings (SSSR count). The number of benzene rings is 1. The number of carboxylic acid groups (broad SMARTS) is 1. The summed E-state index contributed by atoms with van der Waals surface area (Å²) in [5, 5.41) is 26.6. The largest absolute Gasteiger partial charge is 0.481 e. The Balaban J connectivity index is 2.39. The summed E-state index contributed by atoms with van der Waals surface area (Å²) in [4.78, 5) is 11.3. The Kier molecular flexibility index (Phi) is 5.31. The second kappa shape index (κ2) is 6.52. The van der Waals surface area contributed by atoms with Gasteiger partial charge in [0.25, 0.3) is 0 Å². The third-order valence-corrected chi connectivity index (χ3v) is 3.12. The summed E-state index contributed by atoms with van der Waals surface area (Å²) in [5.41, 5.74) is 0.829. The fourth-order valence-corrected chi connectivity index (χ4v) is 1.98. The van der Waals surface area contributed by atoms with Crippen molar-refractivity contribution in [3.63, 3.8) is 0 Å². The average Bonchev–Trinajstić information content (AvgIpc) is 2.26. The molecule has 0 bridgehead atoms. The molecule has 0 amide bonds. The third-order valence-electron chi connectivity index (χ3n) is 1.96. The summed E-state index contributed by atoms with van der Waals surface area (Å²) in [6.07, 6.45) is -1.07. The van der Waals surface area contributed by atoms with Gasteiger partial charge in [-0.05, 0) is 17.7 Å². The molecule has 0 aromatic heterocycles. The van der Waals surface area contributed by atoms with E-state index in [1.165, 1.54) is 11.8 Å². The van der Waals surface area contributed by atoms with Gasteiger partial charge in [0.1, 0.15) is 0 Å². The maximum Gasteiger partial charge on any atom is 0.306 e. The van der Waals surface area contributed by atoms with Crippen molar-refractivity contribution >= 4 is 17.7 Å². The molecule has 0 radical (unpaired) electrons. The highest BCUT2D eigenvalue weighted by molar-refractivity contribution is 7.99. The van der Waals surface area contributed by atoms with Crippen LogP contribution in [0.3, 0.4) is 0 Å². The summed E-state index contributed by atoms with van der Waals surface area (Å²) in [5.74, 6) is -0.645. The van der Waals surface area contributed by atoms with Gasteiger partial charge in [0.05, 0.1) is 19.1 Å². The van der Waals surface area contributed by atoms with Crippen molar-refractivity contribution in [1.82, 2.24) is 0 Å². The summed E-state index contributed by atoms with van der Waals surface area (Å²) < 4.78 is 0. The van der Waals surface area contributed by atoms with Crippen molar-refractivity contribution in [3.05, 3.63) is 29.8 Å². The van der Waals surface area contributed by atoms with E-state index >= 15 is 0 Å². The van der Waals surface area contributed by atoms with Gasteiger partial charge in [0.15, 0.2) is 0 Å². The Bertz CT molecular complexity index is 336. The lowest BCUT2D eigenvalue weighted by Crippen LogP contribution is -2.15. The lowest BCUT2D eigenvalue weighted by Gasteiger charge is -2.07. The third kappa shape index (κ3) is 4.65. The molecule has 16 heavy (non-hydrogen) atoms. The number of carboxylic acids is 1. The number of carbonyl (C=O) groups is 1. The van der Waals surface area contributed by atoms with Crippen LogP contribution in [0.1, 0.15) is 12.0 Å². The normalized spacial score (nSPS) is 12.4. The van der Waals surface area contributed by atoms with Gasteiger partial charge in [-0.3, -0.25) is 4.79 Å². The molecule has 0 fully saturated rings. The molecule has 5 heteroatoms. The van der Waals surface area contributed by atoms with E-state index in [1.807, 2.05) is 12.1 Å². The molecule has 88 valence electrons. The van der Waals surface area contributed by atoms with E-state index in [2.05, 4.69) is 0 Å². The summed E-state index contributed by atoms with van der Waals surface area (Å²) >= 11 is 1.39. The predicted molar refractivity (Wildman–Crippen MR) is 61.3 cm³/mol. The minimum absolute atomic E-state index is 0.00653. The molecule has 4 nitrogen and oxygen atoms in total. The van der Waals surface area contributed by atoms with Crippen LogP contribution in [0.4, 0.5) is 0 Å². The molecule has 0 spiro atoms. The van der Waals surface area contributed by atoms with Crippen LogP contribution in [-0.4, -0.2) is 33.1 Å². The number of aliphatic hydroxyl groups is 2. The Hall–Kier alpha value is -1.04. The second-order valence-corrected chi connectivity index (χ2v) is 4.46. The van der Waals surface area contributed by atoms with Gasteiger partial charge < -0.3 is 15.3 Å². The summed E-state index contributed by atoms with van der Waals surface area (Å²) in [7, 11) is 0. The molecule has 1 aromatic rings. The van der Waals surface area contributed by atoms with Crippen LogP contribution in [0.25, 0.3) is 0 Å². The number of hydrogen-bond donors (Lipinski definition) is 3. The molecular formula is C11H14O4S. The van der Waals surface area contributed by atoms with Crippen LogP contribution in [-0.2, 0) is 11.4 Å². The van der Waals surface area contributed by atoms with Gasteiger partial charge >= 0.3 is 5.97 Å². The van der Waals surface area contributed by atoms with Gasteiger partial charge in [-0.25, -0.2) is 0 Å². The minimum Gasteiger partial charge on any atom is -0.481 e. The van der Waals surface area contributed by atoms with Crippen molar-refractivity contribution in [2.75, 3.05) is 5.75 Å². The molecule has 0 saturated heterocycles. The van der Waals surface area contributed by atoms with Crippen molar-refractivity contribution in [1.29, 1.82) is 0 Å². The van der Waals surface area contributed by atoms with Crippen molar-refractivity contribution in [2.45, 2.75) is 24.0 Å². The number of aliphatic hydroxyl groups excluding tert-OH is 2. The van der Waals surface area contributed by atoms with Crippen LogP contribution < -0.4 is 0 Å². The fraction of sp³-hybridized carbons (Fsp3) is 0.364. The first-order valence-corrected chi connectivity index (χ1v) is 5.83. The molecule has 0 aliphatic carbocycles. The molecule has 3 N–H and O–H groups in total. The Morgan fingerprint density at radius 2 is 1.94 bits per heavy atom. The molecule has 1 unspecified atom stereocenters. The zero-order chi connectivity index (χ0) is 12.0. The highest BCUT2D eigenvalue weighted by atomic mass is 32.2. The smallest absolute Gasteiger partial charge is 0.306 e. The predicted octanol–water partition coefficient (Wildman–Crippen LogP) is 1.11. The number of rotatable bonds is 6.